The van der Waals surface area contributed by atoms with E-state index < -0.39 is 18.1 Å². The Kier molecular flexibility index (Phi) is 4.24. The highest BCUT2D eigenvalue weighted by Crippen LogP contribution is 2.30. The van der Waals surface area contributed by atoms with Crippen LogP contribution in [0.1, 0.15) is 19.4 Å². The molecule has 102 valence electrons. The second kappa shape index (κ2) is 5.16. The Hall–Kier alpha value is -1.27. The van der Waals surface area contributed by atoms with Crippen molar-refractivity contribution >= 4 is 0 Å². The average Bonchev–Trinajstić information content (AvgIpc) is 2.26. The lowest BCUT2D eigenvalue weighted by Gasteiger charge is -2.30. The zero-order valence-electron chi connectivity index (χ0n) is 10.3. The van der Waals surface area contributed by atoms with Crippen LogP contribution in [-0.4, -0.2) is 24.7 Å². The number of halogens is 3. The average molecular weight is 264 g/mol. The van der Waals surface area contributed by atoms with Gasteiger partial charge in [-0.25, -0.2) is 0 Å². The largest absolute Gasteiger partial charge is 0.573 e. The molecule has 0 radical (unpaired) electrons. The normalized spacial score (nSPS) is 17.1. The Morgan fingerprint density at radius 3 is 2.39 bits per heavy atom. The number of benzene rings is 1. The van der Waals surface area contributed by atoms with Gasteiger partial charge in [0.1, 0.15) is 11.4 Å². The van der Waals surface area contributed by atoms with Crippen LogP contribution in [0.15, 0.2) is 24.3 Å². The van der Waals surface area contributed by atoms with Gasteiger partial charge in [0.05, 0.1) is 6.10 Å². The fourth-order valence-electron chi connectivity index (χ4n) is 1.47. The van der Waals surface area contributed by atoms with Crippen molar-refractivity contribution in [3.05, 3.63) is 29.8 Å². The zero-order valence-corrected chi connectivity index (χ0v) is 10.3. The molecule has 0 fully saturated rings. The first-order valence-electron chi connectivity index (χ1n) is 5.28. The van der Waals surface area contributed by atoms with Gasteiger partial charge >= 0.3 is 6.36 Å². The topological polar surface area (TPSA) is 38.7 Å². The van der Waals surface area contributed by atoms with Gasteiger partial charge in [-0.3, -0.25) is 0 Å². The third-order valence-corrected chi connectivity index (χ3v) is 2.80. The van der Waals surface area contributed by atoms with Crippen LogP contribution in [-0.2, 0) is 10.3 Å². The molecule has 1 aromatic rings. The number of hydrogen-bond donors (Lipinski definition) is 1. The van der Waals surface area contributed by atoms with E-state index in [0.717, 1.165) is 6.07 Å². The van der Waals surface area contributed by atoms with Gasteiger partial charge in [-0.2, -0.15) is 0 Å². The summed E-state index contributed by atoms with van der Waals surface area (Å²) in [5.74, 6) is -0.372. The summed E-state index contributed by atoms with van der Waals surface area (Å²) in [6, 6.07) is 5.21. The molecule has 1 rings (SSSR count). The second-order valence-corrected chi connectivity index (χ2v) is 4.10. The molecule has 0 aliphatic rings. The molecule has 0 aliphatic heterocycles. The molecule has 2 atom stereocenters. The van der Waals surface area contributed by atoms with Crippen molar-refractivity contribution < 1.29 is 27.8 Å². The summed E-state index contributed by atoms with van der Waals surface area (Å²) >= 11 is 0. The van der Waals surface area contributed by atoms with Gasteiger partial charge in [0.15, 0.2) is 0 Å². The summed E-state index contributed by atoms with van der Waals surface area (Å²) in [4.78, 5) is 0. The van der Waals surface area contributed by atoms with Crippen molar-refractivity contribution in [3.63, 3.8) is 0 Å². The minimum absolute atomic E-state index is 0.290. The number of hydrogen-bond acceptors (Lipinski definition) is 3. The molecule has 18 heavy (non-hydrogen) atoms. The van der Waals surface area contributed by atoms with E-state index in [1.165, 1.54) is 32.2 Å². The first-order valence-corrected chi connectivity index (χ1v) is 5.28. The second-order valence-electron chi connectivity index (χ2n) is 4.10. The van der Waals surface area contributed by atoms with Gasteiger partial charge < -0.3 is 14.6 Å². The Morgan fingerprint density at radius 1 is 1.28 bits per heavy atom. The molecule has 6 heteroatoms. The van der Waals surface area contributed by atoms with E-state index in [1.54, 1.807) is 6.92 Å². The predicted molar refractivity (Wildman–Crippen MR) is 59.2 cm³/mol. The summed E-state index contributed by atoms with van der Waals surface area (Å²) in [5, 5.41) is 10.2. The zero-order chi connectivity index (χ0) is 14.0. The standard InChI is InChI=1S/C12H15F3O3/c1-8(17-3)11(2,16)9-5-4-6-10(7-9)18-12(13,14)15/h4-8,16H,1-3H3. The number of ether oxygens (including phenoxy) is 2. The maximum absolute atomic E-state index is 12.1. The Bertz CT molecular complexity index is 402. The molecule has 0 saturated heterocycles. The molecular formula is C12H15F3O3. The lowest BCUT2D eigenvalue weighted by Crippen LogP contribution is -2.35. The summed E-state index contributed by atoms with van der Waals surface area (Å²) in [6.45, 7) is 3.09. The molecule has 3 nitrogen and oxygen atoms in total. The summed E-state index contributed by atoms with van der Waals surface area (Å²) in [7, 11) is 1.41. The van der Waals surface area contributed by atoms with Gasteiger partial charge in [-0.15, -0.1) is 13.2 Å². The summed E-state index contributed by atoms with van der Waals surface area (Å²) < 4.78 is 45.1. The van der Waals surface area contributed by atoms with E-state index >= 15 is 0 Å². The highest BCUT2D eigenvalue weighted by Gasteiger charge is 2.33. The maximum atomic E-state index is 12.1. The molecular weight excluding hydrogens is 249 g/mol. The fraction of sp³-hybridized carbons (Fsp3) is 0.500. The van der Waals surface area contributed by atoms with E-state index in [-0.39, 0.29) is 5.75 Å². The number of aliphatic hydroxyl groups is 1. The lowest BCUT2D eigenvalue weighted by atomic mass is 9.91. The van der Waals surface area contributed by atoms with Crippen LogP contribution < -0.4 is 4.74 Å². The molecule has 0 bridgehead atoms. The van der Waals surface area contributed by atoms with Gasteiger partial charge in [-0.05, 0) is 31.5 Å². The Morgan fingerprint density at radius 2 is 1.89 bits per heavy atom. The SMILES string of the molecule is COC(C)C(C)(O)c1cccc(OC(F)(F)F)c1. The van der Waals surface area contributed by atoms with Crippen LogP contribution in [0.4, 0.5) is 13.2 Å². The highest BCUT2D eigenvalue weighted by molar-refractivity contribution is 5.32. The monoisotopic (exact) mass is 264 g/mol. The van der Waals surface area contributed by atoms with Gasteiger partial charge in [0.25, 0.3) is 0 Å². The van der Waals surface area contributed by atoms with Crippen molar-refractivity contribution in [2.45, 2.75) is 31.9 Å². The van der Waals surface area contributed by atoms with Crippen molar-refractivity contribution in [2.24, 2.45) is 0 Å². The van der Waals surface area contributed by atoms with E-state index in [4.69, 9.17) is 4.74 Å². The van der Waals surface area contributed by atoms with Crippen LogP contribution in [0.25, 0.3) is 0 Å². The van der Waals surface area contributed by atoms with Crippen LogP contribution in [0.2, 0.25) is 0 Å². The smallest absolute Gasteiger partial charge is 0.406 e. The first-order chi connectivity index (χ1) is 8.16. The number of methoxy groups -OCH3 is 1. The van der Waals surface area contributed by atoms with Gasteiger partial charge in [0.2, 0.25) is 0 Å². The number of rotatable bonds is 4. The third kappa shape index (κ3) is 3.61. The molecule has 0 saturated carbocycles. The van der Waals surface area contributed by atoms with Crippen molar-refractivity contribution in [1.29, 1.82) is 0 Å². The van der Waals surface area contributed by atoms with Crippen LogP contribution in [0.5, 0.6) is 5.75 Å². The number of alkyl halides is 3. The lowest BCUT2D eigenvalue weighted by molar-refractivity contribution is -0.274. The summed E-state index contributed by atoms with van der Waals surface area (Å²) in [6.07, 6.45) is -5.32. The molecule has 0 amide bonds. The van der Waals surface area contributed by atoms with Gasteiger partial charge in [0, 0.05) is 7.11 Å². The fourth-order valence-corrected chi connectivity index (χ4v) is 1.47. The summed E-state index contributed by atoms with van der Waals surface area (Å²) in [5.41, 5.74) is -1.11. The van der Waals surface area contributed by atoms with E-state index in [9.17, 15) is 18.3 Å². The molecule has 0 heterocycles. The molecule has 0 spiro atoms. The molecule has 0 aliphatic carbocycles. The minimum atomic E-state index is -4.75. The highest BCUT2D eigenvalue weighted by atomic mass is 19.4. The Balaban J connectivity index is 3.01. The molecule has 1 N–H and O–H groups in total. The quantitative estimate of drug-likeness (QED) is 0.908. The van der Waals surface area contributed by atoms with Crippen LogP contribution in [0, 0.1) is 0 Å². The molecule has 1 aromatic carbocycles. The van der Waals surface area contributed by atoms with Crippen molar-refractivity contribution in [2.75, 3.05) is 7.11 Å². The van der Waals surface area contributed by atoms with E-state index in [1.807, 2.05) is 0 Å². The molecule has 2 unspecified atom stereocenters. The predicted octanol–water partition coefficient (Wildman–Crippen LogP) is 2.83. The van der Waals surface area contributed by atoms with E-state index in [2.05, 4.69) is 4.74 Å². The van der Waals surface area contributed by atoms with Crippen LogP contribution in [0.3, 0.4) is 0 Å². The van der Waals surface area contributed by atoms with Crippen LogP contribution >= 0.6 is 0 Å². The maximum Gasteiger partial charge on any atom is 0.573 e. The minimum Gasteiger partial charge on any atom is -0.406 e. The van der Waals surface area contributed by atoms with Gasteiger partial charge in [-0.1, -0.05) is 12.1 Å². The van der Waals surface area contributed by atoms with Crippen molar-refractivity contribution in [1.82, 2.24) is 0 Å². The van der Waals surface area contributed by atoms with Crippen molar-refractivity contribution in [3.8, 4) is 5.75 Å². The first kappa shape index (κ1) is 14.8. The third-order valence-electron chi connectivity index (χ3n) is 2.80. The van der Waals surface area contributed by atoms with E-state index in [0.29, 0.717) is 5.56 Å². The molecule has 0 aromatic heterocycles. The Labute approximate surface area is 103 Å².